The van der Waals surface area contributed by atoms with Gasteiger partial charge in [0.1, 0.15) is 11.6 Å². The molecular weight excluding hydrogens is 248 g/mol. The van der Waals surface area contributed by atoms with Crippen LogP contribution in [0.15, 0.2) is 42.5 Å². The first-order valence-corrected chi connectivity index (χ1v) is 6.75. The maximum Gasteiger partial charge on any atom is 0.128 e. The van der Waals surface area contributed by atoms with E-state index in [2.05, 4.69) is 28.6 Å². The van der Waals surface area contributed by atoms with E-state index in [9.17, 15) is 0 Å². The quantitative estimate of drug-likeness (QED) is 0.841. The predicted molar refractivity (Wildman–Crippen MR) is 81.5 cm³/mol. The number of anilines is 2. The second kappa shape index (κ2) is 7.15. The fourth-order valence-electron chi connectivity index (χ4n) is 1.83. The Balaban J connectivity index is 1.98. The topological polar surface area (TPSA) is 60.7 Å². The van der Waals surface area contributed by atoms with E-state index in [4.69, 9.17) is 5.26 Å². The van der Waals surface area contributed by atoms with Gasteiger partial charge in [0, 0.05) is 13.1 Å². The molecule has 0 radical (unpaired) electrons. The summed E-state index contributed by atoms with van der Waals surface area (Å²) in [6.45, 7) is 3.69. The van der Waals surface area contributed by atoms with Crippen molar-refractivity contribution in [2.75, 3.05) is 17.2 Å². The zero-order chi connectivity index (χ0) is 14.2. The third-order valence-electron chi connectivity index (χ3n) is 2.83. The lowest BCUT2D eigenvalue weighted by molar-refractivity contribution is 0.968. The Morgan fingerprint density at radius 3 is 2.60 bits per heavy atom. The molecule has 0 saturated heterocycles. The van der Waals surface area contributed by atoms with Crippen LogP contribution < -0.4 is 10.6 Å². The van der Waals surface area contributed by atoms with E-state index in [1.165, 1.54) is 0 Å². The SMILES string of the molecule is CCCNc1cccc(NCc2cccc(C#N)c2)n1. The molecule has 0 aliphatic rings. The van der Waals surface area contributed by atoms with Crippen molar-refractivity contribution in [3.63, 3.8) is 0 Å². The normalized spacial score (nSPS) is 9.80. The van der Waals surface area contributed by atoms with Crippen LogP contribution in [0.1, 0.15) is 24.5 Å². The smallest absolute Gasteiger partial charge is 0.128 e. The average Bonchev–Trinajstić information content (AvgIpc) is 2.51. The molecule has 0 fully saturated rings. The number of nitrogens with one attached hydrogen (secondary N) is 2. The van der Waals surface area contributed by atoms with Crippen LogP contribution in [0.4, 0.5) is 11.6 Å². The minimum atomic E-state index is 0.653. The van der Waals surface area contributed by atoms with Gasteiger partial charge < -0.3 is 10.6 Å². The fraction of sp³-hybridized carbons (Fsp3) is 0.250. The zero-order valence-electron chi connectivity index (χ0n) is 11.6. The molecule has 1 aromatic heterocycles. The molecule has 2 N–H and O–H groups in total. The lowest BCUT2D eigenvalue weighted by Crippen LogP contribution is -2.05. The van der Waals surface area contributed by atoms with Gasteiger partial charge in [-0.25, -0.2) is 4.98 Å². The molecule has 0 unspecified atom stereocenters. The summed E-state index contributed by atoms with van der Waals surface area (Å²) in [6, 6.07) is 15.6. The van der Waals surface area contributed by atoms with E-state index in [1.807, 2.05) is 36.4 Å². The Bertz CT molecular complexity index is 601. The monoisotopic (exact) mass is 266 g/mol. The molecule has 0 atom stereocenters. The van der Waals surface area contributed by atoms with Crippen molar-refractivity contribution < 1.29 is 0 Å². The van der Waals surface area contributed by atoms with Crippen LogP contribution >= 0.6 is 0 Å². The highest BCUT2D eigenvalue weighted by Crippen LogP contribution is 2.11. The van der Waals surface area contributed by atoms with Crippen molar-refractivity contribution in [2.45, 2.75) is 19.9 Å². The van der Waals surface area contributed by atoms with Gasteiger partial charge in [-0.05, 0) is 36.2 Å². The van der Waals surface area contributed by atoms with Crippen molar-refractivity contribution in [2.24, 2.45) is 0 Å². The van der Waals surface area contributed by atoms with Gasteiger partial charge in [0.25, 0.3) is 0 Å². The number of rotatable bonds is 6. The summed E-state index contributed by atoms with van der Waals surface area (Å²) >= 11 is 0. The Morgan fingerprint density at radius 2 is 1.85 bits per heavy atom. The highest BCUT2D eigenvalue weighted by molar-refractivity contribution is 5.45. The molecule has 1 heterocycles. The molecule has 1 aromatic carbocycles. The number of benzene rings is 1. The van der Waals surface area contributed by atoms with Crippen LogP contribution in [-0.4, -0.2) is 11.5 Å². The van der Waals surface area contributed by atoms with Gasteiger partial charge in [-0.3, -0.25) is 0 Å². The van der Waals surface area contributed by atoms with Crippen LogP contribution in [0.3, 0.4) is 0 Å². The molecule has 4 heteroatoms. The third kappa shape index (κ3) is 3.99. The molecule has 0 spiro atoms. The lowest BCUT2D eigenvalue weighted by atomic mass is 10.1. The third-order valence-corrected chi connectivity index (χ3v) is 2.83. The maximum atomic E-state index is 8.88. The molecule has 2 aromatic rings. The molecule has 0 amide bonds. The first kappa shape index (κ1) is 13.9. The number of hydrogen-bond acceptors (Lipinski definition) is 4. The van der Waals surface area contributed by atoms with Gasteiger partial charge in [0.05, 0.1) is 11.6 Å². The van der Waals surface area contributed by atoms with Crippen molar-refractivity contribution in [3.8, 4) is 6.07 Å². The molecule has 0 saturated carbocycles. The Kier molecular flexibility index (Phi) is 4.96. The number of nitrogens with zero attached hydrogens (tertiary/aromatic N) is 2. The van der Waals surface area contributed by atoms with Crippen molar-refractivity contribution in [1.82, 2.24) is 4.98 Å². The van der Waals surface area contributed by atoms with Crippen molar-refractivity contribution in [1.29, 1.82) is 5.26 Å². The summed E-state index contributed by atoms with van der Waals surface area (Å²) in [5.74, 6) is 1.70. The van der Waals surface area contributed by atoms with E-state index < -0.39 is 0 Å². The summed E-state index contributed by atoms with van der Waals surface area (Å²) in [6.07, 6.45) is 1.07. The molecule has 102 valence electrons. The average molecular weight is 266 g/mol. The van der Waals surface area contributed by atoms with Crippen LogP contribution in [0.2, 0.25) is 0 Å². The molecule has 0 aliphatic carbocycles. The molecule has 20 heavy (non-hydrogen) atoms. The minimum absolute atomic E-state index is 0.653. The molecule has 0 bridgehead atoms. The number of pyridine rings is 1. The summed E-state index contributed by atoms with van der Waals surface area (Å²) in [7, 11) is 0. The maximum absolute atomic E-state index is 8.88. The van der Waals surface area contributed by atoms with Crippen molar-refractivity contribution >= 4 is 11.6 Å². The minimum Gasteiger partial charge on any atom is -0.370 e. The summed E-state index contributed by atoms with van der Waals surface area (Å²) in [5, 5.41) is 15.4. The summed E-state index contributed by atoms with van der Waals surface area (Å²) in [4.78, 5) is 4.48. The first-order valence-electron chi connectivity index (χ1n) is 6.75. The van der Waals surface area contributed by atoms with Gasteiger partial charge in [-0.2, -0.15) is 5.26 Å². The van der Waals surface area contributed by atoms with Gasteiger partial charge in [0.2, 0.25) is 0 Å². The highest BCUT2D eigenvalue weighted by Gasteiger charge is 1.98. The second-order valence-electron chi connectivity index (χ2n) is 4.50. The van der Waals surface area contributed by atoms with E-state index in [-0.39, 0.29) is 0 Å². The fourth-order valence-corrected chi connectivity index (χ4v) is 1.83. The van der Waals surface area contributed by atoms with E-state index >= 15 is 0 Å². The largest absolute Gasteiger partial charge is 0.370 e. The highest BCUT2D eigenvalue weighted by atomic mass is 15.1. The first-order chi connectivity index (χ1) is 9.81. The van der Waals surface area contributed by atoms with Gasteiger partial charge in [-0.1, -0.05) is 25.1 Å². The van der Waals surface area contributed by atoms with Crippen LogP contribution in [0, 0.1) is 11.3 Å². The Labute approximate surface area is 119 Å². The summed E-state index contributed by atoms with van der Waals surface area (Å²) in [5.41, 5.74) is 1.74. The molecular formula is C16H18N4. The molecule has 4 nitrogen and oxygen atoms in total. The Hall–Kier alpha value is -2.54. The zero-order valence-corrected chi connectivity index (χ0v) is 11.6. The van der Waals surface area contributed by atoms with E-state index in [1.54, 1.807) is 6.07 Å². The summed E-state index contributed by atoms with van der Waals surface area (Å²) < 4.78 is 0. The van der Waals surface area contributed by atoms with Gasteiger partial charge in [-0.15, -0.1) is 0 Å². The van der Waals surface area contributed by atoms with Crippen molar-refractivity contribution in [3.05, 3.63) is 53.6 Å². The second-order valence-corrected chi connectivity index (χ2v) is 4.50. The number of hydrogen-bond donors (Lipinski definition) is 2. The van der Waals surface area contributed by atoms with Crippen LogP contribution in [0.5, 0.6) is 0 Å². The lowest BCUT2D eigenvalue weighted by Gasteiger charge is -2.09. The van der Waals surface area contributed by atoms with Crippen LogP contribution in [0.25, 0.3) is 0 Å². The number of aromatic nitrogens is 1. The predicted octanol–water partition coefficient (Wildman–Crippen LogP) is 3.39. The van der Waals surface area contributed by atoms with E-state index in [0.29, 0.717) is 12.1 Å². The van der Waals surface area contributed by atoms with Gasteiger partial charge in [0.15, 0.2) is 0 Å². The van der Waals surface area contributed by atoms with Gasteiger partial charge >= 0.3 is 0 Å². The van der Waals surface area contributed by atoms with Crippen LogP contribution in [-0.2, 0) is 6.54 Å². The number of nitriles is 1. The molecule has 2 rings (SSSR count). The Morgan fingerprint density at radius 1 is 1.10 bits per heavy atom. The standard InChI is InChI=1S/C16H18N4/c1-2-9-18-15-7-4-8-16(20-15)19-12-14-6-3-5-13(10-14)11-17/h3-8,10H,2,9,12H2,1H3,(H2,18,19,20). The van der Waals surface area contributed by atoms with E-state index in [0.717, 1.165) is 30.2 Å². The molecule has 0 aliphatic heterocycles.